The molecule has 114 valence electrons. The van der Waals surface area contributed by atoms with Gasteiger partial charge in [0.25, 0.3) is 0 Å². The molecule has 0 radical (unpaired) electrons. The summed E-state index contributed by atoms with van der Waals surface area (Å²) in [5.41, 5.74) is 0. The maximum absolute atomic E-state index is 11.8. The van der Waals surface area contributed by atoms with Gasteiger partial charge < -0.3 is 19.9 Å². The van der Waals surface area contributed by atoms with Crippen molar-refractivity contribution in [3.63, 3.8) is 0 Å². The molecule has 0 saturated carbocycles. The number of hydrogen-bond donors (Lipinski definition) is 2. The fourth-order valence-corrected chi connectivity index (χ4v) is 1.80. The molecule has 1 aliphatic heterocycles. The zero-order chi connectivity index (χ0) is 15.5. The number of carbonyl (C=O) groups is 3. The normalized spacial score (nSPS) is 23.4. The van der Waals surface area contributed by atoms with Crippen LogP contribution in [-0.2, 0) is 23.9 Å². The first-order valence-electron chi connectivity index (χ1n) is 5.47. The van der Waals surface area contributed by atoms with Crippen LogP contribution in [0.4, 0.5) is 0 Å². The van der Waals surface area contributed by atoms with Crippen LogP contribution in [0.3, 0.4) is 0 Å². The molecule has 2 N–H and O–H groups in total. The van der Waals surface area contributed by atoms with Gasteiger partial charge in [0.15, 0.2) is 6.23 Å². The highest BCUT2D eigenvalue weighted by Gasteiger charge is 2.50. The average Bonchev–Trinajstić information content (AvgIpc) is 2.30. The third-order valence-corrected chi connectivity index (χ3v) is 2.84. The SMILES string of the molecule is CC(=O)O[C@H]1NC(=O)[C@@H]1C(CO)C(=O)OCC(Cl)(Cl)Cl. The number of carbonyl (C=O) groups excluding carboxylic acids is 3. The lowest BCUT2D eigenvalue weighted by atomic mass is 9.85. The van der Waals surface area contributed by atoms with Gasteiger partial charge in [-0.1, -0.05) is 34.8 Å². The minimum Gasteiger partial charge on any atom is -0.461 e. The summed E-state index contributed by atoms with van der Waals surface area (Å²) in [6.45, 7) is -0.0508. The molecule has 0 aromatic heterocycles. The number of ether oxygens (including phenoxy) is 2. The minimum absolute atomic E-state index is 0.528. The third-order valence-electron chi connectivity index (χ3n) is 2.52. The molecule has 1 saturated heterocycles. The molecule has 3 atom stereocenters. The molecular weight excluding hydrogens is 336 g/mol. The Labute approximate surface area is 129 Å². The monoisotopic (exact) mass is 347 g/mol. The molecule has 1 rings (SSSR count). The first kappa shape index (κ1) is 17.3. The number of aliphatic hydroxyl groups is 1. The lowest BCUT2D eigenvalue weighted by Gasteiger charge is -2.38. The number of halogens is 3. The predicted molar refractivity (Wildman–Crippen MR) is 69.0 cm³/mol. The van der Waals surface area contributed by atoms with Crippen molar-refractivity contribution in [1.29, 1.82) is 0 Å². The summed E-state index contributed by atoms with van der Waals surface area (Å²) in [5, 5.41) is 11.5. The van der Waals surface area contributed by atoms with E-state index >= 15 is 0 Å². The van der Waals surface area contributed by atoms with Crippen LogP contribution in [0.2, 0.25) is 0 Å². The Morgan fingerprint density at radius 1 is 1.45 bits per heavy atom. The molecule has 0 bridgehead atoms. The van der Waals surface area contributed by atoms with Crippen LogP contribution in [0, 0.1) is 11.8 Å². The lowest BCUT2D eigenvalue weighted by molar-refractivity contribution is -0.180. The Morgan fingerprint density at radius 2 is 2.05 bits per heavy atom. The van der Waals surface area contributed by atoms with E-state index in [0.717, 1.165) is 6.92 Å². The summed E-state index contributed by atoms with van der Waals surface area (Å²) < 4.78 is 7.68. The van der Waals surface area contributed by atoms with Gasteiger partial charge in [0.2, 0.25) is 9.70 Å². The summed E-state index contributed by atoms with van der Waals surface area (Å²) in [7, 11) is 0. The van der Waals surface area contributed by atoms with Crippen molar-refractivity contribution < 1.29 is 29.0 Å². The quantitative estimate of drug-likeness (QED) is 0.416. The first-order chi connectivity index (χ1) is 9.15. The Bertz CT molecular complexity index is 410. The van der Waals surface area contributed by atoms with Crippen molar-refractivity contribution in [2.75, 3.05) is 13.2 Å². The van der Waals surface area contributed by atoms with Crippen LogP contribution in [0.15, 0.2) is 0 Å². The minimum atomic E-state index is -1.80. The second-order valence-corrected chi connectivity index (χ2v) is 6.59. The fraction of sp³-hybridized carbons (Fsp3) is 0.700. The number of β-lactam (4-membered cyclic amide) rings is 1. The molecule has 10 heteroatoms. The molecule has 0 aromatic carbocycles. The van der Waals surface area contributed by atoms with E-state index in [1.54, 1.807) is 0 Å². The highest BCUT2D eigenvalue weighted by molar-refractivity contribution is 6.67. The average molecular weight is 349 g/mol. The topological polar surface area (TPSA) is 102 Å². The highest BCUT2D eigenvalue weighted by atomic mass is 35.6. The van der Waals surface area contributed by atoms with Gasteiger partial charge in [-0.3, -0.25) is 14.4 Å². The molecule has 7 nitrogen and oxygen atoms in total. The summed E-state index contributed by atoms with van der Waals surface area (Å²) in [4.78, 5) is 34.0. The van der Waals surface area contributed by atoms with Gasteiger partial charge in [-0.05, 0) is 0 Å². The lowest BCUT2D eigenvalue weighted by Crippen LogP contribution is -2.64. The first-order valence-corrected chi connectivity index (χ1v) is 6.61. The van der Waals surface area contributed by atoms with Crippen LogP contribution in [0.5, 0.6) is 0 Å². The molecule has 1 aliphatic rings. The Kier molecular flexibility index (Phi) is 5.88. The standard InChI is InChI=1S/C10H12Cl3NO6/c1-4(16)20-8-6(7(17)14-8)5(2-15)9(18)19-3-10(11,12)13/h5-6,8,15H,2-3H2,1H3,(H,14,17)/t5?,6-,8+/m0/s1. The highest BCUT2D eigenvalue weighted by Crippen LogP contribution is 2.29. The van der Waals surface area contributed by atoms with E-state index in [1.165, 1.54) is 0 Å². The second kappa shape index (κ2) is 6.80. The van der Waals surface area contributed by atoms with Crippen LogP contribution in [0.25, 0.3) is 0 Å². The Morgan fingerprint density at radius 3 is 2.45 bits per heavy atom. The van der Waals surface area contributed by atoms with Crippen LogP contribution >= 0.6 is 34.8 Å². The number of esters is 2. The Hall–Kier alpha value is -0.760. The van der Waals surface area contributed by atoms with Crippen molar-refractivity contribution in [3.05, 3.63) is 0 Å². The van der Waals surface area contributed by atoms with Crippen molar-refractivity contribution in [2.45, 2.75) is 16.9 Å². The van der Waals surface area contributed by atoms with Crippen LogP contribution < -0.4 is 5.32 Å². The van der Waals surface area contributed by atoms with E-state index in [0.29, 0.717) is 0 Å². The molecule has 0 aromatic rings. The van der Waals surface area contributed by atoms with Crippen molar-refractivity contribution in [2.24, 2.45) is 11.8 Å². The zero-order valence-corrected chi connectivity index (χ0v) is 12.5. The van der Waals surface area contributed by atoms with E-state index in [4.69, 9.17) is 44.3 Å². The molecule has 0 aliphatic carbocycles. The largest absolute Gasteiger partial charge is 0.461 e. The smallest absolute Gasteiger partial charge is 0.312 e. The van der Waals surface area contributed by atoms with E-state index in [-0.39, 0.29) is 0 Å². The molecule has 1 amide bonds. The van der Waals surface area contributed by atoms with Gasteiger partial charge in [-0.25, -0.2) is 0 Å². The number of amides is 1. The molecule has 1 unspecified atom stereocenters. The molecule has 1 fully saturated rings. The number of rotatable bonds is 5. The van der Waals surface area contributed by atoms with Gasteiger partial charge in [0, 0.05) is 6.92 Å². The summed E-state index contributed by atoms with van der Waals surface area (Å²) in [6, 6.07) is 0. The maximum Gasteiger partial charge on any atom is 0.312 e. The molecule has 20 heavy (non-hydrogen) atoms. The number of aliphatic hydroxyl groups excluding tert-OH is 1. The zero-order valence-electron chi connectivity index (χ0n) is 10.3. The van der Waals surface area contributed by atoms with Gasteiger partial charge in [-0.15, -0.1) is 0 Å². The van der Waals surface area contributed by atoms with Crippen molar-refractivity contribution >= 4 is 52.6 Å². The molecular formula is C10H12Cl3NO6. The van der Waals surface area contributed by atoms with Crippen molar-refractivity contribution in [1.82, 2.24) is 5.32 Å². The fourth-order valence-electron chi connectivity index (χ4n) is 1.64. The Balaban J connectivity index is 2.66. The van der Waals surface area contributed by atoms with E-state index in [2.05, 4.69) is 5.32 Å². The summed E-state index contributed by atoms with van der Waals surface area (Å²) in [5.74, 6) is -4.34. The third kappa shape index (κ3) is 4.66. The predicted octanol–water partition coefficient (Wildman–Crippen LogP) is 0.144. The van der Waals surface area contributed by atoms with Gasteiger partial charge >= 0.3 is 11.9 Å². The number of nitrogens with one attached hydrogen (secondary N) is 1. The van der Waals surface area contributed by atoms with Gasteiger partial charge in [-0.2, -0.15) is 0 Å². The van der Waals surface area contributed by atoms with Crippen molar-refractivity contribution in [3.8, 4) is 0 Å². The van der Waals surface area contributed by atoms with Gasteiger partial charge in [0.1, 0.15) is 12.5 Å². The summed E-state index contributed by atoms with van der Waals surface area (Å²) >= 11 is 16.3. The summed E-state index contributed by atoms with van der Waals surface area (Å²) in [6.07, 6.45) is -0.988. The second-order valence-electron chi connectivity index (χ2n) is 4.08. The van der Waals surface area contributed by atoms with Crippen LogP contribution in [-0.4, -0.2) is 46.2 Å². The maximum atomic E-state index is 11.8. The van der Waals surface area contributed by atoms with Crippen LogP contribution in [0.1, 0.15) is 6.92 Å². The van der Waals surface area contributed by atoms with E-state index in [1.807, 2.05) is 0 Å². The molecule has 0 spiro atoms. The van der Waals surface area contributed by atoms with E-state index in [9.17, 15) is 19.5 Å². The number of alkyl halides is 3. The molecule has 1 heterocycles. The van der Waals surface area contributed by atoms with Gasteiger partial charge in [0.05, 0.1) is 12.5 Å². The number of hydrogen-bond acceptors (Lipinski definition) is 6. The van der Waals surface area contributed by atoms with E-state index < -0.39 is 52.9 Å².